The van der Waals surface area contributed by atoms with Crippen molar-refractivity contribution in [2.75, 3.05) is 16.8 Å². The van der Waals surface area contributed by atoms with Crippen molar-refractivity contribution in [3.63, 3.8) is 0 Å². The maximum atomic E-state index is 13.0. The van der Waals surface area contributed by atoms with E-state index in [0.29, 0.717) is 5.69 Å². The molecule has 1 aromatic rings. The van der Waals surface area contributed by atoms with Crippen molar-refractivity contribution in [3.8, 4) is 0 Å². The van der Waals surface area contributed by atoms with Gasteiger partial charge in [-0.25, -0.2) is 4.39 Å². The van der Waals surface area contributed by atoms with Gasteiger partial charge in [-0.3, -0.25) is 9.00 Å². The zero-order valence-corrected chi connectivity index (χ0v) is 12.0. The van der Waals surface area contributed by atoms with Crippen LogP contribution in [0.1, 0.15) is 32.1 Å². The fourth-order valence-corrected chi connectivity index (χ4v) is 3.82. The molecule has 2 rings (SSSR count). The van der Waals surface area contributed by atoms with Gasteiger partial charge in [-0.05, 0) is 31.0 Å². The normalized spacial score (nSPS) is 17.6. The largest absolute Gasteiger partial charge is 0.396 e. The van der Waals surface area contributed by atoms with E-state index < -0.39 is 16.6 Å². The van der Waals surface area contributed by atoms with E-state index in [-0.39, 0.29) is 22.6 Å². The highest BCUT2D eigenvalue weighted by atomic mass is 32.2. The second kappa shape index (κ2) is 6.83. The molecule has 110 valence electrons. The first-order chi connectivity index (χ1) is 9.56. The Kier molecular flexibility index (Phi) is 5.11. The number of hydrogen-bond acceptors (Lipinski definition) is 3. The van der Waals surface area contributed by atoms with Crippen LogP contribution in [0.15, 0.2) is 18.2 Å². The molecule has 3 N–H and O–H groups in total. The van der Waals surface area contributed by atoms with Gasteiger partial charge >= 0.3 is 0 Å². The van der Waals surface area contributed by atoms with Gasteiger partial charge < -0.3 is 11.1 Å². The molecule has 0 heterocycles. The Morgan fingerprint density at radius 1 is 1.35 bits per heavy atom. The predicted molar refractivity (Wildman–Crippen MR) is 79.3 cm³/mol. The number of carbonyl (C=O) groups excluding carboxylic acids is 1. The van der Waals surface area contributed by atoms with Crippen molar-refractivity contribution in [2.24, 2.45) is 0 Å². The molecule has 1 aliphatic carbocycles. The summed E-state index contributed by atoms with van der Waals surface area (Å²) in [5.74, 6) is -0.851. The minimum absolute atomic E-state index is 0.0120. The Balaban J connectivity index is 1.88. The van der Waals surface area contributed by atoms with Crippen LogP contribution in [0.5, 0.6) is 0 Å². The topological polar surface area (TPSA) is 72.2 Å². The number of benzene rings is 1. The summed E-state index contributed by atoms with van der Waals surface area (Å²) in [6, 6.07) is 3.99. The van der Waals surface area contributed by atoms with E-state index in [2.05, 4.69) is 5.32 Å². The number of hydrogen-bond donors (Lipinski definition) is 2. The number of carbonyl (C=O) groups is 1. The Hall–Kier alpha value is -1.43. The zero-order chi connectivity index (χ0) is 14.5. The summed E-state index contributed by atoms with van der Waals surface area (Å²) in [5.41, 5.74) is 5.84. The molecule has 0 radical (unpaired) electrons. The third-order valence-electron chi connectivity index (χ3n) is 3.48. The molecule has 0 saturated heterocycles. The second-order valence-electron chi connectivity index (χ2n) is 5.07. The number of nitrogens with two attached hydrogens (primary N) is 1. The van der Waals surface area contributed by atoms with E-state index in [9.17, 15) is 13.4 Å². The molecule has 0 aromatic heterocycles. The molecule has 1 aromatic carbocycles. The zero-order valence-electron chi connectivity index (χ0n) is 11.2. The van der Waals surface area contributed by atoms with Crippen molar-refractivity contribution in [3.05, 3.63) is 24.0 Å². The van der Waals surface area contributed by atoms with E-state index in [1.165, 1.54) is 24.6 Å². The monoisotopic (exact) mass is 298 g/mol. The van der Waals surface area contributed by atoms with E-state index in [4.69, 9.17) is 5.73 Å². The molecule has 1 saturated carbocycles. The first-order valence-electron chi connectivity index (χ1n) is 6.78. The highest BCUT2D eigenvalue weighted by molar-refractivity contribution is 7.86. The lowest BCUT2D eigenvalue weighted by molar-refractivity contribution is -0.113. The smallest absolute Gasteiger partial charge is 0.237 e. The lowest BCUT2D eigenvalue weighted by atomic mass is 10.0. The molecule has 1 unspecified atom stereocenters. The van der Waals surface area contributed by atoms with Crippen molar-refractivity contribution in [1.82, 2.24) is 0 Å². The van der Waals surface area contributed by atoms with Gasteiger partial charge in [0, 0.05) is 21.7 Å². The van der Waals surface area contributed by atoms with Crippen molar-refractivity contribution < 1.29 is 13.4 Å². The molecular weight excluding hydrogens is 279 g/mol. The standard InChI is InChI=1S/C14H19FN2O2S/c15-12-7-6-10(8-13(12)16)17-14(18)9-20(19)11-4-2-1-3-5-11/h6-8,11H,1-5,9,16H2,(H,17,18). The number of halogens is 1. The first-order valence-corrected chi connectivity index (χ1v) is 8.16. The summed E-state index contributed by atoms with van der Waals surface area (Å²) in [4.78, 5) is 11.8. The molecule has 4 nitrogen and oxygen atoms in total. The van der Waals surface area contributed by atoms with Gasteiger partial charge in [0.2, 0.25) is 5.91 Å². The number of rotatable bonds is 4. The Labute approximate surface area is 120 Å². The summed E-state index contributed by atoms with van der Waals surface area (Å²) in [6.07, 6.45) is 5.24. The van der Waals surface area contributed by atoms with Crippen LogP contribution < -0.4 is 11.1 Å². The minimum atomic E-state index is -1.14. The number of amides is 1. The summed E-state index contributed by atoms with van der Waals surface area (Å²) in [7, 11) is -1.14. The molecule has 0 spiro atoms. The summed E-state index contributed by atoms with van der Waals surface area (Å²) in [5, 5.41) is 2.73. The van der Waals surface area contributed by atoms with Crippen molar-refractivity contribution in [2.45, 2.75) is 37.4 Å². The molecular formula is C14H19FN2O2S. The molecule has 1 fully saturated rings. The van der Waals surface area contributed by atoms with Crippen LogP contribution in [0.2, 0.25) is 0 Å². The first kappa shape index (κ1) is 15.0. The van der Waals surface area contributed by atoms with Gasteiger partial charge in [0.05, 0.1) is 5.69 Å². The van der Waals surface area contributed by atoms with Crippen LogP contribution in [0, 0.1) is 5.82 Å². The highest BCUT2D eigenvalue weighted by Gasteiger charge is 2.21. The Morgan fingerprint density at radius 3 is 2.70 bits per heavy atom. The van der Waals surface area contributed by atoms with Gasteiger partial charge in [0.1, 0.15) is 11.6 Å². The SMILES string of the molecule is Nc1cc(NC(=O)CS(=O)C2CCCCC2)ccc1F. The summed E-state index contributed by atoms with van der Waals surface area (Å²) in [6.45, 7) is 0. The van der Waals surface area contributed by atoms with Crippen LogP contribution in [-0.4, -0.2) is 21.1 Å². The molecule has 20 heavy (non-hydrogen) atoms. The average Bonchev–Trinajstić information content (AvgIpc) is 2.44. The van der Waals surface area contributed by atoms with Gasteiger partial charge in [-0.15, -0.1) is 0 Å². The van der Waals surface area contributed by atoms with Gasteiger partial charge in [0.25, 0.3) is 0 Å². The van der Waals surface area contributed by atoms with Crippen LogP contribution in [0.3, 0.4) is 0 Å². The van der Waals surface area contributed by atoms with E-state index in [1.807, 2.05) is 0 Å². The quantitative estimate of drug-likeness (QED) is 0.839. The average molecular weight is 298 g/mol. The lowest BCUT2D eigenvalue weighted by Gasteiger charge is -2.20. The second-order valence-corrected chi connectivity index (χ2v) is 6.79. The Morgan fingerprint density at radius 2 is 2.05 bits per heavy atom. The highest BCUT2D eigenvalue weighted by Crippen LogP contribution is 2.22. The maximum absolute atomic E-state index is 13.0. The van der Waals surface area contributed by atoms with E-state index in [0.717, 1.165) is 25.7 Å². The predicted octanol–water partition coefficient (Wildman–Crippen LogP) is 2.43. The molecule has 0 bridgehead atoms. The lowest BCUT2D eigenvalue weighted by Crippen LogP contribution is -2.27. The molecule has 1 aliphatic rings. The Bertz CT molecular complexity index is 516. The molecule has 1 amide bonds. The van der Waals surface area contributed by atoms with Gasteiger partial charge in [0.15, 0.2) is 0 Å². The number of anilines is 2. The van der Waals surface area contributed by atoms with Crippen molar-refractivity contribution >= 4 is 28.1 Å². The third-order valence-corrected chi connectivity index (χ3v) is 5.24. The van der Waals surface area contributed by atoms with Crippen LogP contribution in [0.4, 0.5) is 15.8 Å². The number of nitrogen functional groups attached to an aromatic ring is 1. The summed E-state index contributed by atoms with van der Waals surface area (Å²) >= 11 is 0. The fraction of sp³-hybridized carbons (Fsp3) is 0.500. The maximum Gasteiger partial charge on any atom is 0.237 e. The number of nitrogens with one attached hydrogen (secondary N) is 1. The summed E-state index contributed by atoms with van der Waals surface area (Å²) < 4.78 is 25.1. The van der Waals surface area contributed by atoms with Gasteiger partial charge in [-0.1, -0.05) is 19.3 Å². The van der Waals surface area contributed by atoms with Crippen LogP contribution >= 0.6 is 0 Å². The van der Waals surface area contributed by atoms with Gasteiger partial charge in [-0.2, -0.15) is 0 Å². The minimum Gasteiger partial charge on any atom is -0.396 e. The van der Waals surface area contributed by atoms with Crippen LogP contribution in [-0.2, 0) is 15.6 Å². The molecule has 0 aliphatic heterocycles. The molecule has 1 atom stereocenters. The van der Waals surface area contributed by atoms with Crippen LogP contribution in [0.25, 0.3) is 0 Å². The van der Waals surface area contributed by atoms with E-state index >= 15 is 0 Å². The van der Waals surface area contributed by atoms with Crippen molar-refractivity contribution in [1.29, 1.82) is 0 Å². The molecule has 6 heteroatoms. The fourth-order valence-electron chi connectivity index (χ4n) is 2.39. The van der Waals surface area contributed by atoms with E-state index in [1.54, 1.807) is 0 Å². The third kappa shape index (κ3) is 4.03.